The summed E-state index contributed by atoms with van der Waals surface area (Å²) in [6.07, 6.45) is 1.31. The van der Waals surface area contributed by atoms with Gasteiger partial charge in [-0.15, -0.1) is 0 Å². The van der Waals surface area contributed by atoms with Crippen molar-refractivity contribution in [1.29, 1.82) is 0 Å². The van der Waals surface area contributed by atoms with Gasteiger partial charge in [0, 0.05) is 0 Å². The number of nitrogens with one attached hydrogen (secondary N) is 1. The van der Waals surface area contributed by atoms with Crippen molar-refractivity contribution in [1.82, 2.24) is 3.80 Å². The zero-order valence-electron chi connectivity index (χ0n) is 17.8. The average Bonchev–Trinajstić information content (AvgIpc) is 2.88. The van der Waals surface area contributed by atoms with Crippen molar-refractivity contribution in [2.75, 3.05) is 6.61 Å². The number of halogens is 2. The molecule has 0 aromatic heterocycles. The molecule has 0 radical (unpaired) electrons. The molecule has 1 aliphatic carbocycles. The Balaban J connectivity index is 2.73. The van der Waals surface area contributed by atoms with Crippen LogP contribution >= 0.6 is 18.6 Å². The molecule has 1 aromatic rings. The van der Waals surface area contributed by atoms with Crippen LogP contribution in [0.25, 0.3) is 6.08 Å². The maximum atomic E-state index is 7.73. The van der Waals surface area contributed by atoms with Gasteiger partial charge in [-0.1, -0.05) is 0 Å². The Labute approximate surface area is 175 Å². The molecule has 0 saturated carbocycles. The van der Waals surface area contributed by atoms with Gasteiger partial charge >= 0.3 is 176 Å². The van der Waals surface area contributed by atoms with Crippen LogP contribution < -0.4 is 3.80 Å². The first-order chi connectivity index (χ1) is 12.1. The van der Waals surface area contributed by atoms with Crippen LogP contribution in [0.3, 0.4) is 0 Å². The summed E-state index contributed by atoms with van der Waals surface area (Å²) in [7, 11) is 13.5. The Morgan fingerprint density at radius 2 is 1.70 bits per heavy atom. The Hall–Kier alpha value is 0.568. The van der Waals surface area contributed by atoms with E-state index in [1.807, 2.05) is 13.0 Å². The van der Waals surface area contributed by atoms with Gasteiger partial charge in [-0.25, -0.2) is 0 Å². The van der Waals surface area contributed by atoms with Crippen LogP contribution in [0.1, 0.15) is 43.0 Å². The third-order valence-corrected chi connectivity index (χ3v) is 38.5. The Morgan fingerprint density at radius 1 is 1.11 bits per heavy atom. The molecule has 2 unspecified atom stereocenters. The Morgan fingerprint density at radius 3 is 2.22 bits per heavy atom. The van der Waals surface area contributed by atoms with Crippen molar-refractivity contribution < 1.29 is 21.2 Å². The van der Waals surface area contributed by atoms with Gasteiger partial charge in [0.1, 0.15) is 0 Å². The predicted octanol–water partition coefficient (Wildman–Crippen LogP) is 6.51. The van der Waals surface area contributed by atoms with Gasteiger partial charge < -0.3 is 0 Å². The van der Waals surface area contributed by atoms with Gasteiger partial charge in [0.15, 0.2) is 0 Å². The molecule has 1 N–H and O–H groups in total. The van der Waals surface area contributed by atoms with Crippen molar-refractivity contribution >= 4 is 39.4 Å². The van der Waals surface area contributed by atoms with E-state index in [4.69, 9.17) is 27.2 Å². The van der Waals surface area contributed by atoms with Crippen LogP contribution in [0.2, 0.25) is 26.2 Å². The molecular weight excluding hydrogens is 449 g/mol. The van der Waals surface area contributed by atoms with Crippen molar-refractivity contribution in [2.45, 2.75) is 63.6 Å². The van der Waals surface area contributed by atoms with Crippen LogP contribution in [0.5, 0.6) is 0 Å². The minimum atomic E-state index is -4.66. The van der Waals surface area contributed by atoms with Gasteiger partial charge in [0.25, 0.3) is 0 Å². The maximum absolute atomic E-state index is 7.73. The molecule has 27 heavy (non-hydrogen) atoms. The molecule has 1 aliphatic rings. The second kappa shape index (κ2) is 7.68. The van der Waals surface area contributed by atoms with E-state index in [2.05, 4.69) is 81.1 Å². The molecule has 0 heterocycles. The zero-order chi connectivity index (χ0) is 20.8. The van der Waals surface area contributed by atoms with E-state index in [9.17, 15) is 0 Å². The molecule has 2 rings (SSSR count). The van der Waals surface area contributed by atoms with E-state index >= 15 is 0 Å². The van der Waals surface area contributed by atoms with Crippen LogP contribution in [0.4, 0.5) is 0 Å². The van der Waals surface area contributed by atoms with Crippen LogP contribution in [0, 0.1) is 0 Å². The molecular formula is C19H34Cl2NO2Si2Ti. The van der Waals surface area contributed by atoms with Gasteiger partial charge in [0.05, 0.1) is 0 Å². The van der Waals surface area contributed by atoms with E-state index < -0.39 is 27.4 Å². The zero-order valence-corrected chi connectivity index (χ0v) is 22.9. The molecule has 0 bridgehead atoms. The van der Waals surface area contributed by atoms with E-state index in [1.165, 1.54) is 11.1 Å². The summed E-state index contributed by atoms with van der Waals surface area (Å²) in [5.74, 6) is 0. The SMILES string of the molecule is CCO[Si](C)(O[Si](C)(C)C)[Ti]([Cl])([Cl])([NH]C(C)(C)C)[CH]1C=Cc2ccccc21. The van der Waals surface area contributed by atoms with Gasteiger partial charge in [-0.05, 0) is 0 Å². The molecule has 1 aromatic carbocycles. The van der Waals surface area contributed by atoms with Gasteiger partial charge in [0.2, 0.25) is 0 Å². The topological polar surface area (TPSA) is 30.5 Å². The van der Waals surface area contributed by atoms with E-state index in [1.54, 1.807) is 0 Å². The van der Waals surface area contributed by atoms with Crippen LogP contribution in [-0.2, 0) is 21.2 Å². The fourth-order valence-corrected chi connectivity index (χ4v) is 38.8. The minimum absolute atomic E-state index is 0.0969. The van der Waals surface area contributed by atoms with Gasteiger partial charge in [-0.3, -0.25) is 0 Å². The van der Waals surface area contributed by atoms with Gasteiger partial charge in [-0.2, -0.15) is 0 Å². The number of benzene rings is 1. The Kier molecular flexibility index (Phi) is 6.78. The van der Waals surface area contributed by atoms with E-state index in [0.29, 0.717) is 6.61 Å². The van der Waals surface area contributed by atoms with Crippen LogP contribution in [-0.4, -0.2) is 26.9 Å². The molecule has 153 valence electrons. The summed E-state index contributed by atoms with van der Waals surface area (Å²) >= 11 is -4.66. The number of allylic oxidation sites excluding steroid dienone is 1. The summed E-state index contributed by atoms with van der Waals surface area (Å²) in [6.45, 7) is 17.5. The summed E-state index contributed by atoms with van der Waals surface area (Å²) < 4.78 is 16.9. The van der Waals surface area contributed by atoms with E-state index in [0.717, 1.165) is 0 Å². The molecule has 3 nitrogen and oxygen atoms in total. The molecule has 8 heteroatoms. The monoisotopic (exact) mass is 482 g/mol. The molecule has 0 aliphatic heterocycles. The number of rotatable bonds is 7. The quantitative estimate of drug-likeness (QED) is 0.449. The summed E-state index contributed by atoms with van der Waals surface area (Å²) in [4.78, 5) is 0. The first-order valence-corrected chi connectivity index (χ1v) is 23.6. The number of hydrogen-bond acceptors (Lipinski definition) is 3. The fourth-order valence-electron chi connectivity index (χ4n) is 3.97. The fraction of sp³-hybridized carbons (Fsp3) is 0.579. The average molecular weight is 483 g/mol. The molecule has 0 fully saturated rings. The second-order valence-corrected chi connectivity index (χ2v) is 39.9. The third-order valence-electron chi connectivity index (χ3n) is 4.70. The second-order valence-electron chi connectivity index (χ2n) is 9.52. The molecule has 0 spiro atoms. The summed E-state index contributed by atoms with van der Waals surface area (Å²) in [5.41, 5.74) is 2.09. The van der Waals surface area contributed by atoms with E-state index in [-0.39, 0.29) is 9.76 Å². The third kappa shape index (κ3) is 4.84. The number of hydrogen-bond donors (Lipinski definition) is 1. The van der Waals surface area contributed by atoms with Crippen molar-refractivity contribution in [3.8, 4) is 0 Å². The molecule has 2 atom stereocenters. The standard InChI is InChI=1S/C9H7.C6H17O2Si2.C4H10N.2ClH.Ti/c1-2-5-9-7-3-6-8(9)4-1;1-6-7-9(2)8-10(3,4)5;1-4(2,3)5;;;/h1-7H;6H2,1-5H3;5H,1-3H3;2*1H;/q;;-1;;;+3/p-2. The first-order valence-electron chi connectivity index (χ1n) is 9.60. The predicted molar refractivity (Wildman–Crippen MR) is 120 cm³/mol. The van der Waals surface area contributed by atoms with Crippen LogP contribution in [0.15, 0.2) is 30.3 Å². The molecule has 0 saturated heterocycles. The molecule has 0 amide bonds. The van der Waals surface area contributed by atoms with Crippen molar-refractivity contribution in [3.05, 3.63) is 41.5 Å². The normalized spacial score (nSPS) is 21.4. The Bertz CT molecular complexity index is 731. The number of fused-ring (bicyclic) bond motifs is 1. The summed E-state index contributed by atoms with van der Waals surface area (Å²) in [6, 6.07) is 8.34. The van der Waals surface area contributed by atoms with Crippen molar-refractivity contribution in [3.63, 3.8) is 0 Å². The summed E-state index contributed by atoms with van der Waals surface area (Å²) in [5, 5.41) is 0. The first kappa shape index (κ1) is 23.8. The van der Waals surface area contributed by atoms with Crippen molar-refractivity contribution in [2.24, 2.45) is 0 Å².